The summed E-state index contributed by atoms with van der Waals surface area (Å²) in [4.78, 5) is 24.1. The van der Waals surface area contributed by atoms with E-state index in [1.165, 1.54) is 4.90 Å². The molecule has 0 radical (unpaired) electrons. The number of anilines is 2. The molecule has 1 unspecified atom stereocenters. The van der Waals surface area contributed by atoms with Crippen LogP contribution in [0.25, 0.3) is 0 Å². The van der Waals surface area contributed by atoms with E-state index in [1.807, 2.05) is 0 Å². The van der Waals surface area contributed by atoms with Gasteiger partial charge in [0, 0.05) is 13.1 Å². The van der Waals surface area contributed by atoms with E-state index >= 15 is 0 Å². The van der Waals surface area contributed by atoms with Crippen LogP contribution in [0.3, 0.4) is 0 Å². The van der Waals surface area contributed by atoms with E-state index < -0.39 is 12.0 Å². The highest BCUT2D eigenvalue weighted by atomic mass is 16.5. The van der Waals surface area contributed by atoms with Crippen molar-refractivity contribution in [1.82, 2.24) is 0 Å². The lowest BCUT2D eigenvalue weighted by atomic mass is 10.1. The van der Waals surface area contributed by atoms with Crippen LogP contribution in [-0.2, 0) is 9.59 Å². The molecule has 1 heterocycles. The van der Waals surface area contributed by atoms with Gasteiger partial charge in [-0.3, -0.25) is 9.59 Å². The minimum Gasteiger partial charge on any atom is -0.497 e. The molecule has 96 valence electrons. The monoisotopic (exact) mass is 250 g/mol. The molecule has 0 spiro atoms. The van der Waals surface area contributed by atoms with Crippen molar-refractivity contribution in [3.05, 3.63) is 18.2 Å². The summed E-state index contributed by atoms with van der Waals surface area (Å²) in [5.41, 5.74) is 1.41. The van der Waals surface area contributed by atoms with Gasteiger partial charge < -0.3 is 20.1 Å². The van der Waals surface area contributed by atoms with Crippen LogP contribution in [-0.4, -0.2) is 37.2 Å². The first-order valence-corrected chi connectivity index (χ1v) is 5.47. The minimum atomic E-state index is -1.01. The first-order chi connectivity index (χ1) is 8.52. The lowest BCUT2D eigenvalue weighted by molar-refractivity contribution is -0.138. The van der Waals surface area contributed by atoms with Crippen molar-refractivity contribution in [1.29, 1.82) is 0 Å². The molecule has 0 bridgehead atoms. The third-order valence-electron chi connectivity index (χ3n) is 2.90. The molecular weight excluding hydrogens is 236 g/mol. The molecule has 2 rings (SSSR count). The van der Waals surface area contributed by atoms with E-state index in [4.69, 9.17) is 9.84 Å². The SMILES string of the molecule is COc1ccc2c(c1)NC(CC(=O)O)C(=O)N2C. The lowest BCUT2D eigenvalue weighted by Crippen LogP contribution is -2.46. The van der Waals surface area contributed by atoms with Crippen molar-refractivity contribution < 1.29 is 19.4 Å². The summed E-state index contributed by atoms with van der Waals surface area (Å²) in [6.45, 7) is 0. The normalized spacial score (nSPS) is 18.0. The van der Waals surface area contributed by atoms with Crippen LogP contribution in [0.2, 0.25) is 0 Å². The molecule has 0 aromatic heterocycles. The highest BCUT2D eigenvalue weighted by Gasteiger charge is 2.31. The number of likely N-dealkylation sites (N-methyl/N-ethyl adjacent to an activating group) is 1. The largest absolute Gasteiger partial charge is 0.497 e. The maximum atomic E-state index is 11.9. The smallest absolute Gasteiger partial charge is 0.305 e. The summed E-state index contributed by atoms with van der Waals surface area (Å²) < 4.78 is 5.10. The summed E-state index contributed by atoms with van der Waals surface area (Å²) >= 11 is 0. The number of hydrogen-bond acceptors (Lipinski definition) is 4. The number of carboxylic acids is 1. The molecule has 0 saturated heterocycles. The third-order valence-corrected chi connectivity index (χ3v) is 2.90. The molecule has 0 aliphatic carbocycles. The Hall–Kier alpha value is -2.24. The van der Waals surface area contributed by atoms with Gasteiger partial charge in [-0.1, -0.05) is 0 Å². The summed E-state index contributed by atoms with van der Waals surface area (Å²) in [6, 6.07) is 4.51. The molecule has 1 atom stereocenters. The number of hydrogen-bond donors (Lipinski definition) is 2. The maximum Gasteiger partial charge on any atom is 0.305 e. The molecule has 6 heteroatoms. The van der Waals surface area contributed by atoms with Crippen LogP contribution in [0.15, 0.2) is 18.2 Å². The number of carbonyl (C=O) groups is 2. The van der Waals surface area contributed by atoms with E-state index in [0.717, 1.165) is 0 Å². The Labute approximate surface area is 104 Å². The molecule has 0 saturated carbocycles. The number of aliphatic carboxylic acids is 1. The van der Waals surface area contributed by atoms with Crippen LogP contribution in [0, 0.1) is 0 Å². The number of carboxylic acid groups (broad SMARTS) is 1. The average Bonchev–Trinajstić information content (AvgIpc) is 2.34. The van der Waals surface area contributed by atoms with Crippen molar-refractivity contribution in [3.63, 3.8) is 0 Å². The molecule has 0 fully saturated rings. The summed E-state index contributed by atoms with van der Waals surface area (Å²) in [5.74, 6) is -0.617. The summed E-state index contributed by atoms with van der Waals surface area (Å²) in [6.07, 6.45) is -0.250. The van der Waals surface area contributed by atoms with E-state index in [2.05, 4.69) is 5.32 Å². The fraction of sp³-hybridized carbons (Fsp3) is 0.333. The van der Waals surface area contributed by atoms with Crippen molar-refractivity contribution in [3.8, 4) is 5.75 Å². The topological polar surface area (TPSA) is 78.9 Å². The van der Waals surface area contributed by atoms with Gasteiger partial charge in [0.2, 0.25) is 5.91 Å². The van der Waals surface area contributed by atoms with E-state index in [-0.39, 0.29) is 12.3 Å². The molecular formula is C12H14N2O4. The zero-order valence-corrected chi connectivity index (χ0v) is 10.1. The summed E-state index contributed by atoms with van der Waals surface area (Å²) in [5, 5.41) is 11.7. The minimum absolute atomic E-state index is 0.250. The predicted octanol–water partition coefficient (Wildman–Crippen LogP) is 0.927. The highest BCUT2D eigenvalue weighted by Crippen LogP contribution is 2.34. The van der Waals surface area contributed by atoms with E-state index in [9.17, 15) is 9.59 Å². The second kappa shape index (κ2) is 4.56. The Kier molecular flexibility index (Phi) is 3.10. The molecule has 1 aromatic rings. The first-order valence-electron chi connectivity index (χ1n) is 5.47. The number of benzene rings is 1. The number of nitrogens with one attached hydrogen (secondary N) is 1. The number of amides is 1. The van der Waals surface area contributed by atoms with Gasteiger partial charge in [0.05, 0.1) is 24.9 Å². The number of ether oxygens (including phenoxy) is 1. The second-order valence-electron chi connectivity index (χ2n) is 4.08. The molecule has 1 aromatic carbocycles. The predicted molar refractivity (Wildman–Crippen MR) is 66.1 cm³/mol. The van der Waals surface area contributed by atoms with Crippen LogP contribution in [0.1, 0.15) is 6.42 Å². The molecule has 18 heavy (non-hydrogen) atoms. The number of carbonyl (C=O) groups excluding carboxylic acids is 1. The van der Waals surface area contributed by atoms with Gasteiger partial charge in [0.1, 0.15) is 11.8 Å². The number of fused-ring (bicyclic) bond motifs is 1. The Morgan fingerprint density at radius 1 is 1.56 bits per heavy atom. The van der Waals surface area contributed by atoms with Gasteiger partial charge in [-0.05, 0) is 12.1 Å². The Morgan fingerprint density at radius 3 is 2.89 bits per heavy atom. The fourth-order valence-electron chi connectivity index (χ4n) is 1.97. The number of rotatable bonds is 3. The molecule has 2 N–H and O–H groups in total. The van der Waals surface area contributed by atoms with Crippen molar-refractivity contribution in [2.75, 3.05) is 24.4 Å². The highest BCUT2D eigenvalue weighted by molar-refractivity contribution is 6.06. The van der Waals surface area contributed by atoms with E-state index in [1.54, 1.807) is 32.4 Å². The Balaban J connectivity index is 2.35. The molecule has 1 amide bonds. The van der Waals surface area contributed by atoms with Crippen LogP contribution >= 0.6 is 0 Å². The van der Waals surface area contributed by atoms with Crippen molar-refractivity contribution in [2.45, 2.75) is 12.5 Å². The second-order valence-corrected chi connectivity index (χ2v) is 4.08. The number of methoxy groups -OCH3 is 1. The Bertz CT molecular complexity index is 501. The molecule has 1 aliphatic rings. The first kappa shape index (κ1) is 12.2. The van der Waals surface area contributed by atoms with Gasteiger partial charge in [0.25, 0.3) is 0 Å². The quantitative estimate of drug-likeness (QED) is 0.834. The Morgan fingerprint density at radius 2 is 2.28 bits per heavy atom. The van der Waals surface area contributed by atoms with Gasteiger partial charge in [-0.15, -0.1) is 0 Å². The van der Waals surface area contributed by atoms with Crippen molar-refractivity contribution in [2.24, 2.45) is 0 Å². The molecule has 1 aliphatic heterocycles. The van der Waals surface area contributed by atoms with Gasteiger partial charge >= 0.3 is 5.97 Å². The average molecular weight is 250 g/mol. The van der Waals surface area contributed by atoms with E-state index in [0.29, 0.717) is 17.1 Å². The lowest BCUT2D eigenvalue weighted by Gasteiger charge is -2.32. The number of nitrogens with zero attached hydrogens (tertiary/aromatic N) is 1. The summed E-state index contributed by atoms with van der Waals surface area (Å²) in [7, 11) is 3.18. The third kappa shape index (κ3) is 2.09. The van der Waals surface area contributed by atoms with Gasteiger partial charge in [-0.2, -0.15) is 0 Å². The van der Waals surface area contributed by atoms with Crippen LogP contribution < -0.4 is 15.0 Å². The van der Waals surface area contributed by atoms with Crippen LogP contribution in [0.5, 0.6) is 5.75 Å². The zero-order valence-electron chi connectivity index (χ0n) is 10.1. The van der Waals surface area contributed by atoms with Crippen molar-refractivity contribution >= 4 is 23.3 Å². The van der Waals surface area contributed by atoms with Gasteiger partial charge in [-0.25, -0.2) is 0 Å². The van der Waals surface area contributed by atoms with Crippen LogP contribution in [0.4, 0.5) is 11.4 Å². The van der Waals surface area contributed by atoms with Gasteiger partial charge in [0.15, 0.2) is 0 Å². The fourth-order valence-corrected chi connectivity index (χ4v) is 1.97. The zero-order chi connectivity index (χ0) is 13.3. The standard InChI is InChI=1S/C12H14N2O4/c1-14-10-4-3-7(18-2)5-8(10)13-9(12(14)17)6-11(15)16/h3-5,9,13H,6H2,1-2H3,(H,15,16). The maximum absolute atomic E-state index is 11.9. The molecule has 6 nitrogen and oxygen atoms in total.